The summed E-state index contributed by atoms with van der Waals surface area (Å²) in [6.07, 6.45) is 6.17. The van der Waals surface area contributed by atoms with Crippen molar-refractivity contribution in [3.8, 4) is 5.75 Å². The molecule has 1 aliphatic rings. The molecule has 0 amide bonds. The van der Waals surface area contributed by atoms with Gasteiger partial charge in [-0.05, 0) is 56.2 Å². The number of nitrogens with two attached hydrogens (primary N) is 1. The van der Waals surface area contributed by atoms with Gasteiger partial charge in [0.25, 0.3) is 0 Å². The predicted molar refractivity (Wildman–Crippen MR) is 71.2 cm³/mol. The molecule has 0 heterocycles. The summed E-state index contributed by atoms with van der Waals surface area (Å²) in [7, 11) is 0. The third-order valence-electron chi connectivity index (χ3n) is 3.77. The van der Waals surface area contributed by atoms with Crippen LogP contribution < -0.4 is 10.5 Å². The number of para-hydroxylation sites is 1. The monoisotopic (exact) mass is 233 g/mol. The molecular weight excluding hydrogens is 210 g/mol. The highest BCUT2D eigenvalue weighted by atomic mass is 16.5. The van der Waals surface area contributed by atoms with Gasteiger partial charge < -0.3 is 10.5 Å². The second-order valence-corrected chi connectivity index (χ2v) is 4.96. The predicted octanol–water partition coefficient (Wildman–Crippen LogP) is 3.15. The lowest BCUT2D eigenvalue weighted by Crippen LogP contribution is -2.27. The minimum atomic E-state index is 0.394. The van der Waals surface area contributed by atoms with Gasteiger partial charge in [-0.15, -0.1) is 0 Å². The summed E-state index contributed by atoms with van der Waals surface area (Å²) in [6.45, 7) is 3.01. The van der Waals surface area contributed by atoms with E-state index in [9.17, 15) is 0 Å². The lowest BCUT2D eigenvalue weighted by molar-refractivity contribution is 0.132. The summed E-state index contributed by atoms with van der Waals surface area (Å²) in [4.78, 5) is 0. The van der Waals surface area contributed by atoms with Gasteiger partial charge in [-0.2, -0.15) is 0 Å². The van der Waals surface area contributed by atoms with Gasteiger partial charge in [0.2, 0.25) is 0 Å². The number of hydrogen-bond donors (Lipinski definition) is 1. The van der Waals surface area contributed by atoms with Crippen LogP contribution in [0.15, 0.2) is 24.3 Å². The SMILES string of the molecule is CCc1ccccc1OC1CCC(CN)CC1. The zero-order valence-corrected chi connectivity index (χ0v) is 10.7. The van der Waals surface area contributed by atoms with Crippen molar-refractivity contribution in [1.29, 1.82) is 0 Å². The molecule has 2 heteroatoms. The smallest absolute Gasteiger partial charge is 0.122 e. The molecule has 1 saturated carbocycles. The van der Waals surface area contributed by atoms with Crippen LogP contribution in [0.25, 0.3) is 0 Å². The average Bonchev–Trinajstić information content (AvgIpc) is 2.40. The topological polar surface area (TPSA) is 35.2 Å². The first-order valence-corrected chi connectivity index (χ1v) is 6.78. The summed E-state index contributed by atoms with van der Waals surface area (Å²) in [5.41, 5.74) is 7.02. The van der Waals surface area contributed by atoms with Crippen LogP contribution in [0.4, 0.5) is 0 Å². The van der Waals surface area contributed by atoms with E-state index in [0.29, 0.717) is 6.10 Å². The van der Waals surface area contributed by atoms with Gasteiger partial charge in [-0.3, -0.25) is 0 Å². The van der Waals surface area contributed by atoms with Gasteiger partial charge in [-0.25, -0.2) is 0 Å². The molecule has 0 atom stereocenters. The van der Waals surface area contributed by atoms with Crippen LogP contribution >= 0.6 is 0 Å². The number of benzene rings is 1. The molecule has 0 bridgehead atoms. The van der Waals surface area contributed by atoms with Crippen molar-refractivity contribution in [3.63, 3.8) is 0 Å². The Kier molecular flexibility index (Phi) is 4.43. The van der Waals surface area contributed by atoms with E-state index in [1.807, 2.05) is 0 Å². The van der Waals surface area contributed by atoms with Crippen LogP contribution in [0.1, 0.15) is 38.2 Å². The standard InChI is InChI=1S/C15H23NO/c1-2-13-5-3-4-6-15(13)17-14-9-7-12(11-16)8-10-14/h3-6,12,14H,2,7-11,16H2,1H3. The number of aryl methyl sites for hydroxylation is 1. The quantitative estimate of drug-likeness (QED) is 0.867. The molecule has 1 aromatic carbocycles. The Balaban J connectivity index is 1.93. The molecule has 2 nitrogen and oxygen atoms in total. The largest absolute Gasteiger partial charge is 0.490 e. The zero-order chi connectivity index (χ0) is 12.1. The first-order chi connectivity index (χ1) is 8.33. The molecule has 0 unspecified atom stereocenters. The fourth-order valence-corrected chi connectivity index (χ4v) is 2.58. The normalized spacial score (nSPS) is 24.6. The molecule has 1 aromatic rings. The number of hydrogen-bond acceptors (Lipinski definition) is 2. The van der Waals surface area contributed by atoms with E-state index in [-0.39, 0.29) is 0 Å². The third-order valence-corrected chi connectivity index (χ3v) is 3.77. The molecule has 0 aliphatic heterocycles. The highest BCUT2D eigenvalue weighted by molar-refractivity contribution is 5.33. The fraction of sp³-hybridized carbons (Fsp3) is 0.600. The highest BCUT2D eigenvalue weighted by Gasteiger charge is 2.21. The van der Waals surface area contributed by atoms with Crippen molar-refractivity contribution in [2.75, 3.05) is 6.54 Å². The van der Waals surface area contributed by atoms with E-state index in [1.165, 1.54) is 18.4 Å². The minimum absolute atomic E-state index is 0.394. The van der Waals surface area contributed by atoms with Crippen molar-refractivity contribution in [2.45, 2.75) is 45.1 Å². The molecule has 1 fully saturated rings. The van der Waals surface area contributed by atoms with Crippen LogP contribution in [0.2, 0.25) is 0 Å². The molecule has 0 aromatic heterocycles. The Hall–Kier alpha value is -1.02. The Morgan fingerprint density at radius 2 is 1.88 bits per heavy atom. The van der Waals surface area contributed by atoms with E-state index in [1.54, 1.807) is 0 Å². The van der Waals surface area contributed by atoms with Gasteiger partial charge in [0.05, 0.1) is 6.10 Å². The molecule has 0 spiro atoms. The van der Waals surface area contributed by atoms with Crippen LogP contribution in [0.3, 0.4) is 0 Å². The Morgan fingerprint density at radius 3 is 2.53 bits per heavy atom. The first kappa shape index (κ1) is 12.4. The second kappa shape index (κ2) is 6.06. The van der Waals surface area contributed by atoms with E-state index in [2.05, 4.69) is 31.2 Å². The van der Waals surface area contributed by atoms with E-state index < -0.39 is 0 Å². The van der Waals surface area contributed by atoms with Gasteiger partial charge >= 0.3 is 0 Å². The molecule has 0 saturated heterocycles. The molecule has 2 rings (SSSR count). The van der Waals surface area contributed by atoms with Gasteiger partial charge in [0.1, 0.15) is 5.75 Å². The number of ether oxygens (including phenoxy) is 1. The maximum atomic E-state index is 6.13. The Morgan fingerprint density at radius 1 is 1.18 bits per heavy atom. The summed E-state index contributed by atoms with van der Waals surface area (Å²) in [6, 6.07) is 8.38. The van der Waals surface area contributed by atoms with Crippen molar-refractivity contribution in [1.82, 2.24) is 0 Å². The average molecular weight is 233 g/mol. The highest BCUT2D eigenvalue weighted by Crippen LogP contribution is 2.28. The van der Waals surface area contributed by atoms with Crippen LogP contribution in [0.5, 0.6) is 5.75 Å². The van der Waals surface area contributed by atoms with Crippen molar-refractivity contribution < 1.29 is 4.74 Å². The molecule has 0 radical (unpaired) electrons. The molecule has 17 heavy (non-hydrogen) atoms. The van der Waals surface area contributed by atoms with Gasteiger partial charge in [-0.1, -0.05) is 25.1 Å². The number of rotatable bonds is 4. The van der Waals surface area contributed by atoms with E-state index in [4.69, 9.17) is 10.5 Å². The maximum absolute atomic E-state index is 6.13. The molecule has 1 aliphatic carbocycles. The third kappa shape index (κ3) is 3.22. The molecule has 2 N–H and O–H groups in total. The van der Waals surface area contributed by atoms with Crippen molar-refractivity contribution >= 4 is 0 Å². The Labute approximate surface area is 104 Å². The van der Waals surface area contributed by atoms with Gasteiger partial charge in [0.15, 0.2) is 0 Å². The first-order valence-electron chi connectivity index (χ1n) is 6.78. The van der Waals surface area contributed by atoms with Gasteiger partial charge in [0, 0.05) is 0 Å². The fourth-order valence-electron chi connectivity index (χ4n) is 2.58. The Bertz CT molecular complexity index is 343. The zero-order valence-electron chi connectivity index (χ0n) is 10.7. The van der Waals surface area contributed by atoms with Crippen LogP contribution in [-0.2, 0) is 6.42 Å². The summed E-state index contributed by atoms with van der Waals surface area (Å²) in [5, 5.41) is 0. The molecular formula is C15H23NO. The minimum Gasteiger partial charge on any atom is -0.490 e. The maximum Gasteiger partial charge on any atom is 0.122 e. The second-order valence-electron chi connectivity index (χ2n) is 4.96. The summed E-state index contributed by atoms with van der Waals surface area (Å²) in [5.74, 6) is 1.79. The lowest BCUT2D eigenvalue weighted by Gasteiger charge is -2.28. The van der Waals surface area contributed by atoms with Crippen LogP contribution in [-0.4, -0.2) is 12.6 Å². The summed E-state index contributed by atoms with van der Waals surface area (Å²) < 4.78 is 6.13. The van der Waals surface area contributed by atoms with Crippen molar-refractivity contribution in [3.05, 3.63) is 29.8 Å². The summed E-state index contributed by atoms with van der Waals surface area (Å²) >= 11 is 0. The van der Waals surface area contributed by atoms with E-state index >= 15 is 0 Å². The van der Waals surface area contributed by atoms with Crippen molar-refractivity contribution in [2.24, 2.45) is 11.7 Å². The van der Waals surface area contributed by atoms with E-state index in [0.717, 1.165) is 37.5 Å². The molecule has 94 valence electrons. The van der Waals surface area contributed by atoms with Crippen LogP contribution in [0, 0.1) is 5.92 Å². The lowest BCUT2D eigenvalue weighted by atomic mass is 9.87.